The first-order chi connectivity index (χ1) is 6.96. The van der Waals surface area contributed by atoms with Gasteiger partial charge < -0.3 is 5.11 Å². The monoisotopic (exact) mass is 229 g/mol. The maximum Gasteiger partial charge on any atom is 0.229 e. The van der Waals surface area contributed by atoms with E-state index in [2.05, 4.69) is 4.72 Å². The third-order valence-electron chi connectivity index (χ3n) is 1.72. The fourth-order valence-corrected chi connectivity index (χ4v) is 1.67. The molecule has 0 saturated heterocycles. The summed E-state index contributed by atoms with van der Waals surface area (Å²) in [4.78, 5) is 10.6. The van der Waals surface area contributed by atoms with E-state index < -0.39 is 10.0 Å². The molecule has 5 nitrogen and oxygen atoms in total. The van der Waals surface area contributed by atoms with Crippen LogP contribution >= 0.6 is 0 Å². The Kier molecular flexibility index (Phi) is 3.43. The summed E-state index contributed by atoms with van der Waals surface area (Å²) in [7, 11) is -3.43. The molecule has 0 saturated carbocycles. The van der Waals surface area contributed by atoms with Gasteiger partial charge in [-0.05, 0) is 17.7 Å². The van der Waals surface area contributed by atoms with Crippen molar-refractivity contribution in [2.75, 3.05) is 11.0 Å². The van der Waals surface area contributed by atoms with Gasteiger partial charge in [-0.25, -0.2) is 8.42 Å². The fourth-order valence-electron chi connectivity index (χ4n) is 1.09. The molecule has 0 unspecified atom stereocenters. The van der Waals surface area contributed by atoms with Crippen LogP contribution in [0.4, 0.5) is 5.69 Å². The van der Waals surface area contributed by atoms with E-state index in [1.54, 1.807) is 6.07 Å². The average Bonchev–Trinajstić information content (AvgIpc) is 2.15. The fraction of sp³-hybridized carbons (Fsp3) is 0.222. The van der Waals surface area contributed by atoms with Crippen LogP contribution in [0.1, 0.15) is 15.9 Å². The normalized spacial score (nSPS) is 11.1. The number of rotatable bonds is 4. The minimum atomic E-state index is -3.43. The van der Waals surface area contributed by atoms with Crippen molar-refractivity contribution >= 4 is 22.0 Å². The molecule has 0 aliphatic carbocycles. The first kappa shape index (κ1) is 11.7. The van der Waals surface area contributed by atoms with Crippen LogP contribution in [-0.4, -0.2) is 26.1 Å². The van der Waals surface area contributed by atoms with Crippen LogP contribution in [-0.2, 0) is 16.6 Å². The zero-order valence-corrected chi connectivity index (χ0v) is 8.91. The average molecular weight is 229 g/mol. The minimum Gasteiger partial charge on any atom is -0.392 e. The van der Waals surface area contributed by atoms with Crippen LogP contribution in [0.3, 0.4) is 0 Å². The second-order valence-electron chi connectivity index (χ2n) is 3.07. The van der Waals surface area contributed by atoms with E-state index in [0.29, 0.717) is 11.8 Å². The number of nitrogens with one attached hydrogen (secondary N) is 1. The summed E-state index contributed by atoms with van der Waals surface area (Å²) < 4.78 is 24.2. The summed E-state index contributed by atoms with van der Waals surface area (Å²) in [6.45, 7) is -0.211. The quantitative estimate of drug-likeness (QED) is 0.730. The van der Waals surface area contributed by atoms with Crippen molar-refractivity contribution in [3.63, 3.8) is 0 Å². The molecule has 1 aromatic carbocycles. The van der Waals surface area contributed by atoms with Crippen molar-refractivity contribution in [3.8, 4) is 0 Å². The lowest BCUT2D eigenvalue weighted by atomic mass is 10.1. The molecule has 1 aromatic rings. The van der Waals surface area contributed by atoms with Crippen molar-refractivity contribution in [1.82, 2.24) is 0 Å². The number of aliphatic hydroxyl groups excluding tert-OH is 1. The lowest BCUT2D eigenvalue weighted by Gasteiger charge is -2.07. The predicted molar refractivity (Wildman–Crippen MR) is 56.2 cm³/mol. The molecule has 0 aromatic heterocycles. The maximum atomic E-state index is 11.0. The zero-order chi connectivity index (χ0) is 11.5. The van der Waals surface area contributed by atoms with E-state index in [4.69, 9.17) is 5.11 Å². The summed E-state index contributed by atoms with van der Waals surface area (Å²) in [5.41, 5.74) is 0.948. The van der Waals surface area contributed by atoms with Gasteiger partial charge in [0.1, 0.15) is 0 Å². The number of sulfonamides is 1. The highest BCUT2D eigenvalue weighted by Crippen LogP contribution is 2.17. The number of carbonyl (C=O) groups excluding carboxylic acids is 1. The van der Waals surface area contributed by atoms with Crippen LogP contribution in [0, 0.1) is 0 Å². The third kappa shape index (κ3) is 3.34. The Hall–Kier alpha value is -1.40. The topological polar surface area (TPSA) is 83.5 Å². The molecule has 0 aliphatic rings. The highest BCUT2D eigenvalue weighted by atomic mass is 32.2. The van der Waals surface area contributed by atoms with Crippen LogP contribution in [0.2, 0.25) is 0 Å². The van der Waals surface area contributed by atoms with Gasteiger partial charge in [-0.1, -0.05) is 6.07 Å². The summed E-state index contributed by atoms with van der Waals surface area (Å²) >= 11 is 0. The molecule has 0 spiro atoms. The summed E-state index contributed by atoms with van der Waals surface area (Å²) in [5, 5.41) is 8.86. The molecule has 0 fully saturated rings. The number of hydrogen-bond acceptors (Lipinski definition) is 4. The molecule has 0 radical (unpaired) electrons. The number of aldehydes is 1. The largest absolute Gasteiger partial charge is 0.392 e. The Bertz CT molecular complexity index is 467. The van der Waals surface area contributed by atoms with Crippen molar-refractivity contribution < 1.29 is 18.3 Å². The van der Waals surface area contributed by atoms with Gasteiger partial charge in [0, 0.05) is 5.56 Å². The molecule has 15 heavy (non-hydrogen) atoms. The van der Waals surface area contributed by atoms with E-state index in [1.807, 2.05) is 0 Å². The highest BCUT2D eigenvalue weighted by Gasteiger charge is 2.07. The van der Waals surface area contributed by atoms with E-state index in [1.165, 1.54) is 12.1 Å². The highest BCUT2D eigenvalue weighted by molar-refractivity contribution is 7.92. The molecule has 0 bridgehead atoms. The third-order valence-corrected chi connectivity index (χ3v) is 2.31. The molecule has 0 aliphatic heterocycles. The number of benzene rings is 1. The molecule has 0 amide bonds. The standard InChI is InChI=1S/C9H11NO4S/c1-15(13,14)10-9-4-7(5-11)2-3-8(9)6-12/h2-4,6,10-11H,5H2,1H3. The maximum absolute atomic E-state index is 11.0. The number of hydrogen-bond donors (Lipinski definition) is 2. The molecule has 6 heteroatoms. The van der Waals surface area contributed by atoms with Crippen molar-refractivity contribution in [1.29, 1.82) is 0 Å². The predicted octanol–water partition coefficient (Wildman–Crippen LogP) is 0.363. The summed E-state index contributed by atoms with van der Waals surface area (Å²) in [6, 6.07) is 4.42. The molecule has 0 atom stereocenters. The first-order valence-electron chi connectivity index (χ1n) is 4.13. The smallest absolute Gasteiger partial charge is 0.229 e. The van der Waals surface area contributed by atoms with E-state index in [-0.39, 0.29) is 17.9 Å². The van der Waals surface area contributed by atoms with Crippen LogP contribution in [0.15, 0.2) is 18.2 Å². The molecule has 0 heterocycles. The van der Waals surface area contributed by atoms with E-state index >= 15 is 0 Å². The number of carbonyl (C=O) groups is 1. The van der Waals surface area contributed by atoms with Gasteiger partial charge in [0.2, 0.25) is 10.0 Å². The summed E-state index contributed by atoms with van der Waals surface area (Å²) in [5.74, 6) is 0. The van der Waals surface area contributed by atoms with Crippen LogP contribution in [0.25, 0.3) is 0 Å². The molecule has 2 N–H and O–H groups in total. The Labute approximate surface area is 87.8 Å². The van der Waals surface area contributed by atoms with E-state index in [0.717, 1.165) is 6.26 Å². The van der Waals surface area contributed by atoms with Gasteiger partial charge in [0.15, 0.2) is 6.29 Å². The molecular formula is C9H11NO4S. The summed E-state index contributed by atoms with van der Waals surface area (Å²) in [6.07, 6.45) is 1.54. The van der Waals surface area contributed by atoms with Crippen LogP contribution < -0.4 is 4.72 Å². The van der Waals surface area contributed by atoms with Gasteiger partial charge in [-0.2, -0.15) is 0 Å². The first-order valence-corrected chi connectivity index (χ1v) is 6.02. The number of aliphatic hydroxyl groups is 1. The molecule has 82 valence electrons. The zero-order valence-electron chi connectivity index (χ0n) is 8.10. The lowest BCUT2D eigenvalue weighted by Crippen LogP contribution is -2.11. The van der Waals surface area contributed by atoms with Crippen LogP contribution in [0.5, 0.6) is 0 Å². The Morgan fingerprint density at radius 2 is 2.13 bits per heavy atom. The Morgan fingerprint density at radius 1 is 1.47 bits per heavy atom. The minimum absolute atomic E-state index is 0.180. The SMILES string of the molecule is CS(=O)(=O)Nc1cc(CO)ccc1C=O. The van der Waals surface area contributed by atoms with Crippen molar-refractivity contribution in [2.45, 2.75) is 6.61 Å². The molecular weight excluding hydrogens is 218 g/mol. The van der Waals surface area contributed by atoms with Crippen molar-refractivity contribution in [2.24, 2.45) is 0 Å². The van der Waals surface area contributed by atoms with E-state index in [9.17, 15) is 13.2 Å². The van der Waals surface area contributed by atoms with Crippen molar-refractivity contribution in [3.05, 3.63) is 29.3 Å². The lowest BCUT2D eigenvalue weighted by molar-refractivity contribution is 0.112. The van der Waals surface area contributed by atoms with Gasteiger partial charge in [0.25, 0.3) is 0 Å². The van der Waals surface area contributed by atoms with Gasteiger partial charge in [-0.3, -0.25) is 9.52 Å². The van der Waals surface area contributed by atoms with Gasteiger partial charge in [0.05, 0.1) is 18.6 Å². The Morgan fingerprint density at radius 3 is 2.60 bits per heavy atom. The van der Waals surface area contributed by atoms with Gasteiger partial charge in [-0.15, -0.1) is 0 Å². The Balaban J connectivity index is 3.18. The second kappa shape index (κ2) is 4.41. The number of anilines is 1. The second-order valence-corrected chi connectivity index (χ2v) is 4.82. The van der Waals surface area contributed by atoms with Gasteiger partial charge >= 0.3 is 0 Å². The molecule has 1 rings (SSSR count).